The van der Waals surface area contributed by atoms with Crippen LogP contribution in [-0.2, 0) is 13.0 Å². The van der Waals surface area contributed by atoms with Crippen LogP contribution in [0.3, 0.4) is 0 Å². The first kappa shape index (κ1) is 12.6. The second-order valence-electron chi connectivity index (χ2n) is 5.92. The maximum atomic E-state index is 12.6. The lowest BCUT2D eigenvalue weighted by molar-refractivity contribution is 0.0734. The number of nitrogens with zero attached hydrogens (tertiary/aromatic N) is 3. The quantitative estimate of drug-likeness (QED) is 0.919. The van der Waals surface area contributed by atoms with E-state index in [4.69, 9.17) is 0 Å². The summed E-state index contributed by atoms with van der Waals surface area (Å²) in [5.41, 5.74) is 2.59. The monoisotopic (exact) mass is 282 g/mol. The summed E-state index contributed by atoms with van der Waals surface area (Å²) >= 11 is 0. The van der Waals surface area contributed by atoms with Crippen molar-refractivity contribution in [2.75, 3.05) is 6.54 Å². The molecular formula is C16H18N4O. The molecular weight excluding hydrogens is 264 g/mol. The number of rotatable bonds is 2. The van der Waals surface area contributed by atoms with Gasteiger partial charge in [-0.3, -0.25) is 9.89 Å². The molecule has 2 aliphatic rings. The van der Waals surface area contributed by atoms with Crippen LogP contribution in [0.1, 0.15) is 52.8 Å². The zero-order valence-corrected chi connectivity index (χ0v) is 11.9. The number of aryl methyl sites for hydroxylation is 1. The van der Waals surface area contributed by atoms with Crippen LogP contribution in [0.15, 0.2) is 24.3 Å². The molecule has 1 saturated carbocycles. The van der Waals surface area contributed by atoms with Crippen LogP contribution in [0.4, 0.5) is 0 Å². The average molecular weight is 282 g/mol. The van der Waals surface area contributed by atoms with Crippen LogP contribution >= 0.6 is 0 Å². The SMILES string of the molecule is O=C(c1n[nH]c(C2CC2)n1)N1CCCc2ccccc2C1. The number of H-pyrrole nitrogens is 1. The summed E-state index contributed by atoms with van der Waals surface area (Å²) in [5.74, 6) is 1.61. The van der Waals surface area contributed by atoms with Crippen molar-refractivity contribution in [3.8, 4) is 0 Å². The van der Waals surface area contributed by atoms with Crippen LogP contribution in [0.2, 0.25) is 0 Å². The highest BCUT2D eigenvalue weighted by molar-refractivity contribution is 5.90. The standard InChI is InChI=1S/C16H18N4O/c21-16(15-17-14(18-19-15)12-7-8-12)20-9-3-6-11-4-1-2-5-13(11)10-20/h1-2,4-5,12H,3,6-10H2,(H,17,18,19). The van der Waals surface area contributed by atoms with Gasteiger partial charge in [0.25, 0.3) is 5.91 Å². The summed E-state index contributed by atoms with van der Waals surface area (Å²) in [6.07, 6.45) is 4.32. The van der Waals surface area contributed by atoms with Crippen LogP contribution in [0.5, 0.6) is 0 Å². The van der Waals surface area contributed by atoms with Crippen molar-refractivity contribution < 1.29 is 4.79 Å². The molecule has 0 spiro atoms. The molecule has 0 saturated heterocycles. The molecule has 1 aliphatic heterocycles. The Bertz CT molecular complexity index is 674. The summed E-state index contributed by atoms with van der Waals surface area (Å²) < 4.78 is 0. The highest BCUT2D eigenvalue weighted by Crippen LogP contribution is 2.37. The summed E-state index contributed by atoms with van der Waals surface area (Å²) in [6, 6.07) is 8.36. The van der Waals surface area contributed by atoms with Crippen molar-refractivity contribution in [3.05, 3.63) is 47.0 Å². The topological polar surface area (TPSA) is 61.9 Å². The molecule has 2 aromatic rings. The van der Waals surface area contributed by atoms with Crippen molar-refractivity contribution >= 4 is 5.91 Å². The van der Waals surface area contributed by atoms with Gasteiger partial charge in [-0.2, -0.15) is 0 Å². The number of aromatic nitrogens is 3. The third-order valence-corrected chi connectivity index (χ3v) is 4.30. The lowest BCUT2D eigenvalue weighted by Gasteiger charge is -2.19. The van der Waals surface area contributed by atoms with E-state index in [1.54, 1.807) is 0 Å². The minimum absolute atomic E-state index is 0.0603. The summed E-state index contributed by atoms with van der Waals surface area (Å²) in [4.78, 5) is 18.8. The molecule has 0 unspecified atom stereocenters. The molecule has 0 radical (unpaired) electrons. The molecule has 0 atom stereocenters. The first-order valence-electron chi connectivity index (χ1n) is 7.59. The van der Waals surface area contributed by atoms with Crippen molar-refractivity contribution in [2.45, 2.75) is 38.1 Å². The molecule has 4 rings (SSSR count). The fourth-order valence-corrected chi connectivity index (χ4v) is 2.92. The minimum Gasteiger partial charge on any atom is -0.332 e. The maximum Gasteiger partial charge on any atom is 0.293 e. The Morgan fingerprint density at radius 3 is 2.86 bits per heavy atom. The van der Waals surface area contributed by atoms with E-state index in [-0.39, 0.29) is 5.91 Å². The molecule has 21 heavy (non-hydrogen) atoms. The van der Waals surface area contributed by atoms with Gasteiger partial charge >= 0.3 is 0 Å². The second-order valence-corrected chi connectivity index (χ2v) is 5.92. The Balaban J connectivity index is 1.56. The number of benzene rings is 1. The highest BCUT2D eigenvalue weighted by atomic mass is 16.2. The van der Waals surface area contributed by atoms with E-state index in [2.05, 4.69) is 33.4 Å². The predicted octanol–water partition coefficient (Wildman–Crippen LogP) is 2.27. The number of nitrogens with one attached hydrogen (secondary N) is 1. The molecule has 1 fully saturated rings. The largest absolute Gasteiger partial charge is 0.332 e. The van der Waals surface area contributed by atoms with Gasteiger partial charge < -0.3 is 4.90 Å². The molecule has 1 N–H and O–H groups in total. The van der Waals surface area contributed by atoms with Crippen molar-refractivity contribution in [2.24, 2.45) is 0 Å². The Morgan fingerprint density at radius 2 is 2.05 bits per heavy atom. The Kier molecular flexibility index (Phi) is 2.98. The van der Waals surface area contributed by atoms with E-state index in [0.717, 1.165) is 38.1 Å². The number of fused-ring (bicyclic) bond motifs is 1. The molecule has 1 amide bonds. The zero-order chi connectivity index (χ0) is 14.2. The van der Waals surface area contributed by atoms with E-state index in [1.165, 1.54) is 11.1 Å². The molecule has 5 nitrogen and oxygen atoms in total. The van der Waals surface area contributed by atoms with E-state index in [9.17, 15) is 4.79 Å². The van der Waals surface area contributed by atoms with E-state index >= 15 is 0 Å². The summed E-state index contributed by atoms with van der Waals surface area (Å²) in [6.45, 7) is 1.42. The molecule has 1 aliphatic carbocycles. The second kappa shape index (κ2) is 4.98. The van der Waals surface area contributed by atoms with Gasteiger partial charge in [-0.05, 0) is 36.8 Å². The predicted molar refractivity (Wildman–Crippen MR) is 77.9 cm³/mol. The van der Waals surface area contributed by atoms with Gasteiger partial charge in [0.15, 0.2) is 0 Å². The number of aromatic amines is 1. The maximum absolute atomic E-state index is 12.6. The third kappa shape index (κ3) is 2.44. The molecule has 1 aromatic heterocycles. The smallest absolute Gasteiger partial charge is 0.293 e. The van der Waals surface area contributed by atoms with Gasteiger partial charge in [-0.25, -0.2) is 4.98 Å². The number of amides is 1. The number of hydrogen-bond donors (Lipinski definition) is 1. The fourth-order valence-electron chi connectivity index (χ4n) is 2.92. The lowest BCUT2D eigenvalue weighted by Crippen LogP contribution is -2.31. The van der Waals surface area contributed by atoms with Crippen molar-refractivity contribution in [1.82, 2.24) is 20.1 Å². The molecule has 1 aromatic carbocycles. The van der Waals surface area contributed by atoms with Crippen molar-refractivity contribution in [3.63, 3.8) is 0 Å². The molecule has 108 valence electrons. The fraction of sp³-hybridized carbons (Fsp3) is 0.438. The highest BCUT2D eigenvalue weighted by Gasteiger charge is 2.29. The van der Waals surface area contributed by atoms with E-state index in [0.29, 0.717) is 18.3 Å². The number of carbonyl (C=O) groups is 1. The van der Waals surface area contributed by atoms with Crippen LogP contribution in [0.25, 0.3) is 0 Å². The molecule has 0 bridgehead atoms. The van der Waals surface area contributed by atoms with Crippen molar-refractivity contribution in [1.29, 1.82) is 0 Å². The van der Waals surface area contributed by atoms with Gasteiger partial charge in [0.05, 0.1) is 0 Å². The van der Waals surface area contributed by atoms with Gasteiger partial charge in [-0.1, -0.05) is 24.3 Å². The first-order valence-corrected chi connectivity index (χ1v) is 7.59. The van der Waals surface area contributed by atoms with Gasteiger partial charge in [-0.15, -0.1) is 5.10 Å². The summed E-state index contributed by atoms with van der Waals surface area (Å²) in [5, 5.41) is 7.03. The van der Waals surface area contributed by atoms with Crippen LogP contribution in [-0.4, -0.2) is 32.5 Å². The van der Waals surface area contributed by atoms with Gasteiger partial charge in [0.1, 0.15) is 5.82 Å². The van der Waals surface area contributed by atoms with Crippen LogP contribution < -0.4 is 0 Å². The van der Waals surface area contributed by atoms with Gasteiger partial charge in [0, 0.05) is 19.0 Å². The van der Waals surface area contributed by atoms with Gasteiger partial charge in [0.2, 0.25) is 5.82 Å². The third-order valence-electron chi connectivity index (χ3n) is 4.30. The van der Waals surface area contributed by atoms with E-state index in [1.807, 2.05) is 11.0 Å². The zero-order valence-electron chi connectivity index (χ0n) is 11.9. The number of carbonyl (C=O) groups excluding carboxylic acids is 1. The Hall–Kier alpha value is -2.17. The number of hydrogen-bond acceptors (Lipinski definition) is 3. The van der Waals surface area contributed by atoms with E-state index < -0.39 is 0 Å². The first-order chi connectivity index (χ1) is 10.3. The normalized spacial score (nSPS) is 18.2. The Labute approximate surface area is 123 Å². The Morgan fingerprint density at radius 1 is 1.24 bits per heavy atom. The average Bonchev–Trinajstić information content (AvgIpc) is 3.28. The van der Waals surface area contributed by atoms with Crippen LogP contribution in [0, 0.1) is 0 Å². The summed E-state index contributed by atoms with van der Waals surface area (Å²) in [7, 11) is 0. The molecule has 5 heteroatoms. The minimum atomic E-state index is -0.0603. The lowest BCUT2D eigenvalue weighted by atomic mass is 10.0. The molecule has 2 heterocycles.